The molecular weight excluding hydrogens is 202 g/mol. The van der Waals surface area contributed by atoms with Gasteiger partial charge in [0.2, 0.25) is 0 Å². The van der Waals surface area contributed by atoms with Crippen LogP contribution < -0.4 is 0 Å². The summed E-state index contributed by atoms with van der Waals surface area (Å²) in [6, 6.07) is 19.2. The van der Waals surface area contributed by atoms with Crippen molar-refractivity contribution in [2.45, 2.75) is 0 Å². The molecule has 0 radical (unpaired) electrons. The lowest BCUT2D eigenvalue weighted by Crippen LogP contribution is -2.02. The topological polar surface area (TPSA) is 64.1 Å². The molecule has 0 heterocycles. The highest BCUT2D eigenvalue weighted by Gasteiger charge is 2.05. The highest BCUT2D eigenvalue weighted by molar-refractivity contribution is 6.12. The average molecular weight is 215 g/mol. The first-order chi connectivity index (χ1) is 7.42. The Balaban J connectivity index is 0.00000128. The molecule has 2 aromatic carbocycles. The average Bonchev–Trinajstić information content (AvgIpc) is 2.33. The molecule has 0 saturated heterocycles. The largest absolute Gasteiger partial charge is 0.412 e. The van der Waals surface area contributed by atoms with Gasteiger partial charge in [-0.05, 0) is 0 Å². The molecule has 82 valence electrons. The molecule has 0 fully saturated rings. The summed E-state index contributed by atoms with van der Waals surface area (Å²) in [4.78, 5) is 0. The highest BCUT2D eigenvalue weighted by Crippen LogP contribution is 2.09. The van der Waals surface area contributed by atoms with Gasteiger partial charge in [0, 0.05) is 11.1 Å². The fourth-order valence-electron chi connectivity index (χ4n) is 1.47. The Morgan fingerprint density at radius 3 is 1.44 bits per heavy atom. The molecule has 0 aliphatic carbocycles. The minimum absolute atomic E-state index is 0. The second kappa shape index (κ2) is 5.68. The van der Waals surface area contributed by atoms with Crippen LogP contribution in [0.1, 0.15) is 11.1 Å². The van der Waals surface area contributed by atoms with Gasteiger partial charge in [-0.15, -0.1) is 0 Å². The first-order valence-electron chi connectivity index (χ1n) is 4.74. The zero-order valence-electron chi connectivity index (χ0n) is 8.67. The van der Waals surface area contributed by atoms with Gasteiger partial charge in [0.1, 0.15) is 5.71 Å². The molecule has 2 aromatic rings. The number of oxime groups is 1. The van der Waals surface area contributed by atoms with Crippen LogP contribution in [-0.4, -0.2) is 16.4 Å². The molecule has 16 heavy (non-hydrogen) atoms. The van der Waals surface area contributed by atoms with Crippen molar-refractivity contribution in [3.05, 3.63) is 71.8 Å². The molecule has 0 spiro atoms. The Bertz CT molecular complexity index is 410. The molecule has 0 aliphatic rings. The van der Waals surface area contributed by atoms with E-state index in [0.717, 1.165) is 11.1 Å². The lowest BCUT2D eigenvalue weighted by atomic mass is 10.0. The number of benzene rings is 2. The number of hydrogen-bond acceptors (Lipinski definition) is 2. The maximum atomic E-state index is 9.02. The van der Waals surface area contributed by atoms with Gasteiger partial charge in [-0.2, -0.15) is 0 Å². The molecule has 0 aromatic heterocycles. The van der Waals surface area contributed by atoms with Gasteiger partial charge < -0.3 is 10.7 Å². The summed E-state index contributed by atoms with van der Waals surface area (Å²) >= 11 is 0. The van der Waals surface area contributed by atoms with Gasteiger partial charge in [-0.25, -0.2) is 0 Å². The summed E-state index contributed by atoms with van der Waals surface area (Å²) < 4.78 is 0. The van der Waals surface area contributed by atoms with E-state index < -0.39 is 0 Å². The zero-order valence-corrected chi connectivity index (χ0v) is 8.67. The van der Waals surface area contributed by atoms with Crippen LogP contribution in [0, 0.1) is 0 Å². The third-order valence-corrected chi connectivity index (χ3v) is 2.19. The lowest BCUT2D eigenvalue weighted by molar-refractivity contribution is 0.319. The molecule has 3 heteroatoms. The molecule has 0 bridgehead atoms. The molecule has 2 rings (SSSR count). The fraction of sp³-hybridized carbons (Fsp3) is 0. The maximum Gasteiger partial charge on any atom is 0.117 e. The Morgan fingerprint density at radius 1 is 0.750 bits per heavy atom. The zero-order chi connectivity index (χ0) is 10.5. The number of nitrogens with zero attached hydrogens (tertiary/aromatic N) is 1. The van der Waals surface area contributed by atoms with Gasteiger partial charge in [-0.3, -0.25) is 0 Å². The molecule has 0 aliphatic heterocycles. The summed E-state index contributed by atoms with van der Waals surface area (Å²) in [5.41, 5.74) is 2.41. The monoisotopic (exact) mass is 215 g/mol. The van der Waals surface area contributed by atoms with Crippen molar-refractivity contribution in [2.24, 2.45) is 5.16 Å². The van der Waals surface area contributed by atoms with Gasteiger partial charge >= 0.3 is 0 Å². The van der Waals surface area contributed by atoms with Gasteiger partial charge in [0.25, 0.3) is 0 Å². The normalized spacial score (nSPS) is 9.00. The second-order valence-corrected chi connectivity index (χ2v) is 3.18. The van der Waals surface area contributed by atoms with Crippen molar-refractivity contribution < 1.29 is 10.7 Å². The summed E-state index contributed by atoms with van der Waals surface area (Å²) in [5, 5.41) is 12.4. The van der Waals surface area contributed by atoms with Crippen LogP contribution in [0.15, 0.2) is 65.8 Å². The first kappa shape index (κ1) is 11.9. The highest BCUT2D eigenvalue weighted by atomic mass is 16.4. The van der Waals surface area contributed by atoms with Crippen LogP contribution in [0.3, 0.4) is 0 Å². The maximum absolute atomic E-state index is 9.02. The van der Waals surface area contributed by atoms with Crippen LogP contribution in [0.5, 0.6) is 0 Å². The SMILES string of the molecule is O.ON=C(c1ccccc1)c1ccccc1. The summed E-state index contributed by atoms with van der Waals surface area (Å²) in [5.74, 6) is 0. The van der Waals surface area contributed by atoms with E-state index in [0.29, 0.717) is 5.71 Å². The Labute approximate surface area is 94.0 Å². The smallest absolute Gasteiger partial charge is 0.117 e. The number of rotatable bonds is 2. The summed E-state index contributed by atoms with van der Waals surface area (Å²) in [6.45, 7) is 0. The standard InChI is InChI=1S/C13H11NO.H2O/c15-14-13(11-7-3-1-4-8-11)12-9-5-2-6-10-12;/h1-10,15H;1H2. The second-order valence-electron chi connectivity index (χ2n) is 3.18. The Morgan fingerprint density at radius 2 is 1.12 bits per heavy atom. The third kappa shape index (κ3) is 2.46. The van der Waals surface area contributed by atoms with E-state index in [1.165, 1.54) is 0 Å². The van der Waals surface area contributed by atoms with Crippen LogP contribution >= 0.6 is 0 Å². The molecular formula is C13H13NO2. The van der Waals surface area contributed by atoms with Crippen molar-refractivity contribution in [3.8, 4) is 0 Å². The third-order valence-electron chi connectivity index (χ3n) is 2.19. The van der Waals surface area contributed by atoms with Crippen molar-refractivity contribution >= 4 is 5.71 Å². The molecule has 0 unspecified atom stereocenters. The van der Waals surface area contributed by atoms with Gasteiger partial charge in [-0.1, -0.05) is 65.8 Å². The van der Waals surface area contributed by atoms with E-state index in [-0.39, 0.29) is 5.48 Å². The van der Waals surface area contributed by atoms with Crippen LogP contribution in [-0.2, 0) is 0 Å². The van der Waals surface area contributed by atoms with E-state index in [4.69, 9.17) is 5.21 Å². The Kier molecular flexibility index (Phi) is 4.24. The van der Waals surface area contributed by atoms with E-state index in [2.05, 4.69) is 5.16 Å². The minimum atomic E-state index is 0. The van der Waals surface area contributed by atoms with Crippen molar-refractivity contribution in [3.63, 3.8) is 0 Å². The van der Waals surface area contributed by atoms with E-state index in [9.17, 15) is 0 Å². The van der Waals surface area contributed by atoms with Crippen LogP contribution in [0.2, 0.25) is 0 Å². The molecule has 3 N–H and O–H groups in total. The number of hydrogen-bond donors (Lipinski definition) is 1. The fourth-order valence-corrected chi connectivity index (χ4v) is 1.47. The van der Waals surface area contributed by atoms with Crippen LogP contribution in [0.25, 0.3) is 0 Å². The summed E-state index contributed by atoms with van der Waals surface area (Å²) in [7, 11) is 0. The predicted octanol–water partition coefficient (Wildman–Crippen LogP) is 2.09. The first-order valence-corrected chi connectivity index (χ1v) is 4.74. The van der Waals surface area contributed by atoms with E-state index >= 15 is 0 Å². The predicted molar refractivity (Wildman–Crippen MR) is 63.9 cm³/mol. The minimum Gasteiger partial charge on any atom is -0.412 e. The van der Waals surface area contributed by atoms with Gasteiger partial charge in [0.05, 0.1) is 0 Å². The molecule has 0 saturated carbocycles. The molecule has 0 amide bonds. The van der Waals surface area contributed by atoms with Crippen LogP contribution in [0.4, 0.5) is 0 Å². The molecule has 3 nitrogen and oxygen atoms in total. The van der Waals surface area contributed by atoms with E-state index in [1.54, 1.807) is 0 Å². The quantitative estimate of drug-likeness (QED) is 0.465. The van der Waals surface area contributed by atoms with Crippen molar-refractivity contribution in [2.75, 3.05) is 0 Å². The van der Waals surface area contributed by atoms with Gasteiger partial charge in [0.15, 0.2) is 0 Å². The lowest BCUT2D eigenvalue weighted by Gasteiger charge is -2.03. The summed E-state index contributed by atoms with van der Waals surface area (Å²) in [6.07, 6.45) is 0. The van der Waals surface area contributed by atoms with Crippen molar-refractivity contribution in [1.29, 1.82) is 0 Å². The van der Waals surface area contributed by atoms with Crippen molar-refractivity contribution in [1.82, 2.24) is 0 Å². The molecule has 0 atom stereocenters. The van der Waals surface area contributed by atoms with E-state index in [1.807, 2.05) is 60.7 Å². The Hall–Kier alpha value is -2.13.